The quantitative estimate of drug-likeness (QED) is 0.836. The number of aromatic nitrogens is 3. The molecule has 0 saturated heterocycles. The van der Waals surface area contributed by atoms with Gasteiger partial charge in [-0.25, -0.2) is 0 Å². The molecule has 0 unspecified atom stereocenters. The fraction of sp³-hybridized carbons (Fsp3) is 0.800. The van der Waals surface area contributed by atoms with Crippen molar-refractivity contribution < 1.29 is 0 Å². The highest BCUT2D eigenvalue weighted by Crippen LogP contribution is 2.19. The summed E-state index contributed by atoms with van der Waals surface area (Å²) in [6.45, 7) is 6.22. The van der Waals surface area contributed by atoms with Crippen LogP contribution in [0.1, 0.15) is 44.0 Å². The molecular formula is C10H20N4S. The third-order valence-corrected chi connectivity index (χ3v) is 3.02. The van der Waals surface area contributed by atoms with Crippen LogP contribution in [0.5, 0.6) is 0 Å². The van der Waals surface area contributed by atoms with Crippen LogP contribution in [0.2, 0.25) is 0 Å². The Balaban J connectivity index is 2.83. The van der Waals surface area contributed by atoms with Gasteiger partial charge in [-0.15, -0.1) is 10.2 Å². The maximum atomic E-state index is 6.10. The first kappa shape index (κ1) is 12.5. The molecule has 0 aromatic carbocycles. The summed E-state index contributed by atoms with van der Waals surface area (Å²) in [5, 5.41) is 8.26. The van der Waals surface area contributed by atoms with Crippen molar-refractivity contribution in [2.75, 3.05) is 12.0 Å². The van der Waals surface area contributed by atoms with Gasteiger partial charge in [-0.2, -0.15) is 11.8 Å². The second-order valence-corrected chi connectivity index (χ2v) is 4.94. The van der Waals surface area contributed by atoms with Crippen LogP contribution in [0.4, 0.5) is 0 Å². The maximum absolute atomic E-state index is 6.10. The monoisotopic (exact) mass is 228 g/mol. The zero-order valence-corrected chi connectivity index (χ0v) is 10.7. The van der Waals surface area contributed by atoms with Gasteiger partial charge in [0, 0.05) is 6.04 Å². The minimum atomic E-state index is 0.000972. The van der Waals surface area contributed by atoms with E-state index < -0.39 is 0 Å². The Morgan fingerprint density at radius 3 is 2.60 bits per heavy atom. The first-order valence-corrected chi connectivity index (χ1v) is 6.63. The van der Waals surface area contributed by atoms with E-state index in [9.17, 15) is 0 Å². The Bertz CT molecular complexity index is 308. The zero-order chi connectivity index (χ0) is 11.4. The van der Waals surface area contributed by atoms with E-state index in [-0.39, 0.29) is 6.04 Å². The van der Waals surface area contributed by atoms with Crippen molar-refractivity contribution in [1.82, 2.24) is 14.8 Å². The molecule has 1 aromatic rings. The summed E-state index contributed by atoms with van der Waals surface area (Å²) in [4.78, 5) is 0. The van der Waals surface area contributed by atoms with Crippen molar-refractivity contribution in [3.8, 4) is 0 Å². The van der Waals surface area contributed by atoms with Crippen LogP contribution in [0.25, 0.3) is 0 Å². The van der Waals surface area contributed by atoms with Gasteiger partial charge < -0.3 is 10.3 Å². The largest absolute Gasteiger partial charge is 0.321 e. The second kappa shape index (κ2) is 5.51. The number of nitrogens with zero attached hydrogens (tertiary/aromatic N) is 3. The molecule has 1 atom stereocenters. The number of thioether (sulfide) groups is 1. The Morgan fingerprint density at radius 2 is 2.07 bits per heavy atom. The van der Waals surface area contributed by atoms with Gasteiger partial charge in [-0.3, -0.25) is 0 Å². The molecule has 1 rings (SSSR count). The number of hydrogen-bond acceptors (Lipinski definition) is 4. The molecule has 0 radical (unpaired) electrons. The van der Waals surface area contributed by atoms with Crippen molar-refractivity contribution in [1.29, 1.82) is 0 Å². The standard InChI is InChI=1S/C10H20N4S/c1-7(2)14-8(3)12-13-10(14)9(11)5-6-15-4/h7,9H,5-6,11H2,1-4H3/t9-/m0/s1. The average molecular weight is 228 g/mol. The zero-order valence-electron chi connectivity index (χ0n) is 9.90. The summed E-state index contributed by atoms with van der Waals surface area (Å²) in [7, 11) is 0. The smallest absolute Gasteiger partial charge is 0.150 e. The molecule has 0 spiro atoms. The Labute approximate surface area is 95.6 Å². The Kier molecular flexibility index (Phi) is 4.60. The lowest BCUT2D eigenvalue weighted by molar-refractivity contribution is 0.515. The lowest BCUT2D eigenvalue weighted by Crippen LogP contribution is -2.19. The summed E-state index contributed by atoms with van der Waals surface area (Å²) in [6, 6.07) is 0.372. The van der Waals surface area contributed by atoms with Crippen LogP contribution >= 0.6 is 11.8 Å². The highest BCUT2D eigenvalue weighted by Gasteiger charge is 2.17. The fourth-order valence-corrected chi connectivity index (χ4v) is 2.14. The van der Waals surface area contributed by atoms with E-state index in [1.54, 1.807) is 0 Å². The van der Waals surface area contributed by atoms with Crippen molar-refractivity contribution in [3.63, 3.8) is 0 Å². The molecule has 15 heavy (non-hydrogen) atoms. The summed E-state index contributed by atoms with van der Waals surface area (Å²) in [5.74, 6) is 2.92. The summed E-state index contributed by atoms with van der Waals surface area (Å²) in [6.07, 6.45) is 3.04. The van der Waals surface area contributed by atoms with Crippen molar-refractivity contribution >= 4 is 11.8 Å². The molecule has 0 aliphatic rings. The predicted octanol–water partition coefficient (Wildman–Crippen LogP) is 1.92. The van der Waals surface area contributed by atoms with E-state index in [0.29, 0.717) is 6.04 Å². The maximum Gasteiger partial charge on any atom is 0.150 e. The van der Waals surface area contributed by atoms with Gasteiger partial charge in [0.05, 0.1) is 6.04 Å². The lowest BCUT2D eigenvalue weighted by Gasteiger charge is -2.16. The van der Waals surface area contributed by atoms with Crippen LogP contribution in [0, 0.1) is 6.92 Å². The number of aryl methyl sites for hydroxylation is 1. The summed E-state index contributed by atoms with van der Waals surface area (Å²) >= 11 is 1.81. The summed E-state index contributed by atoms with van der Waals surface area (Å²) < 4.78 is 2.12. The van der Waals surface area contributed by atoms with Gasteiger partial charge in [-0.05, 0) is 39.2 Å². The van der Waals surface area contributed by atoms with Crippen molar-refractivity contribution in [2.24, 2.45) is 5.73 Å². The molecule has 0 amide bonds. The van der Waals surface area contributed by atoms with Crippen LogP contribution in [-0.4, -0.2) is 26.8 Å². The molecule has 0 aliphatic carbocycles. The molecular weight excluding hydrogens is 208 g/mol. The summed E-state index contributed by atoms with van der Waals surface area (Å²) in [5.41, 5.74) is 6.10. The fourth-order valence-electron chi connectivity index (χ4n) is 1.65. The second-order valence-electron chi connectivity index (χ2n) is 3.96. The molecule has 1 aromatic heterocycles. The van der Waals surface area contributed by atoms with Crippen LogP contribution in [-0.2, 0) is 0 Å². The molecule has 0 fully saturated rings. The highest BCUT2D eigenvalue weighted by atomic mass is 32.2. The topological polar surface area (TPSA) is 56.7 Å². The molecule has 0 aliphatic heterocycles. The molecule has 4 nitrogen and oxygen atoms in total. The van der Waals surface area contributed by atoms with Crippen LogP contribution in [0.15, 0.2) is 0 Å². The predicted molar refractivity (Wildman–Crippen MR) is 65.1 cm³/mol. The van der Waals surface area contributed by atoms with E-state index in [4.69, 9.17) is 5.73 Å². The van der Waals surface area contributed by atoms with E-state index in [0.717, 1.165) is 23.8 Å². The SMILES string of the molecule is CSCC[C@H](N)c1nnc(C)n1C(C)C. The lowest BCUT2D eigenvalue weighted by atomic mass is 10.2. The van der Waals surface area contributed by atoms with Gasteiger partial charge in [-0.1, -0.05) is 0 Å². The minimum absolute atomic E-state index is 0.000972. The van der Waals surface area contributed by atoms with E-state index >= 15 is 0 Å². The average Bonchev–Trinajstić information content (AvgIpc) is 2.56. The van der Waals surface area contributed by atoms with Gasteiger partial charge in [0.15, 0.2) is 0 Å². The van der Waals surface area contributed by atoms with Crippen LogP contribution in [0.3, 0.4) is 0 Å². The highest BCUT2D eigenvalue weighted by molar-refractivity contribution is 7.98. The Morgan fingerprint density at radius 1 is 1.40 bits per heavy atom. The third-order valence-electron chi connectivity index (χ3n) is 2.37. The van der Waals surface area contributed by atoms with Gasteiger partial charge in [0.1, 0.15) is 11.6 Å². The molecule has 1 heterocycles. The van der Waals surface area contributed by atoms with Crippen molar-refractivity contribution in [2.45, 2.75) is 39.3 Å². The first-order chi connectivity index (χ1) is 7.07. The molecule has 5 heteroatoms. The van der Waals surface area contributed by atoms with E-state index in [2.05, 4.69) is 34.9 Å². The number of hydrogen-bond donors (Lipinski definition) is 1. The molecule has 86 valence electrons. The molecule has 2 N–H and O–H groups in total. The normalized spacial score (nSPS) is 13.5. The number of rotatable bonds is 5. The number of nitrogens with two attached hydrogens (primary N) is 1. The first-order valence-electron chi connectivity index (χ1n) is 5.23. The Hall–Kier alpha value is -0.550. The minimum Gasteiger partial charge on any atom is -0.321 e. The van der Waals surface area contributed by atoms with E-state index in [1.165, 1.54) is 0 Å². The van der Waals surface area contributed by atoms with Crippen molar-refractivity contribution in [3.05, 3.63) is 11.6 Å². The van der Waals surface area contributed by atoms with E-state index in [1.807, 2.05) is 18.7 Å². The van der Waals surface area contributed by atoms with Gasteiger partial charge >= 0.3 is 0 Å². The molecule has 0 saturated carbocycles. The van der Waals surface area contributed by atoms with Gasteiger partial charge in [0.25, 0.3) is 0 Å². The van der Waals surface area contributed by atoms with Crippen LogP contribution < -0.4 is 5.73 Å². The molecule has 0 bridgehead atoms. The third kappa shape index (κ3) is 2.95. The van der Waals surface area contributed by atoms with Gasteiger partial charge in [0.2, 0.25) is 0 Å².